The molecule has 10 nitrogen and oxygen atoms in total. The number of amides is 2. The lowest BCUT2D eigenvalue weighted by atomic mass is 9.83. The summed E-state index contributed by atoms with van der Waals surface area (Å²) in [7, 11) is 3.00. The van der Waals surface area contributed by atoms with Crippen LogP contribution in [0.15, 0.2) is 69.7 Å². The molecule has 2 aromatic rings. The van der Waals surface area contributed by atoms with E-state index < -0.39 is 17.6 Å². The largest absolute Gasteiger partial charge is 0.390 e. The highest BCUT2D eigenvalue weighted by molar-refractivity contribution is 8.15. The number of halogens is 1. The summed E-state index contributed by atoms with van der Waals surface area (Å²) in [6, 6.07) is 11.1. The lowest BCUT2D eigenvalue weighted by molar-refractivity contribution is -0.124. The zero-order chi connectivity index (χ0) is 29.3. The first-order valence-corrected chi connectivity index (χ1v) is 13.8. The summed E-state index contributed by atoms with van der Waals surface area (Å²) in [6.45, 7) is 3.97. The lowest BCUT2D eigenvalue weighted by Crippen LogP contribution is -2.32. The third kappa shape index (κ3) is 8.17. The number of benzene rings is 2. The van der Waals surface area contributed by atoms with Crippen LogP contribution in [-0.4, -0.2) is 67.1 Å². The van der Waals surface area contributed by atoms with Gasteiger partial charge in [0.05, 0.1) is 10.7 Å². The zero-order valence-corrected chi connectivity index (χ0v) is 24.3. The van der Waals surface area contributed by atoms with E-state index >= 15 is 0 Å². The van der Waals surface area contributed by atoms with E-state index in [-0.39, 0.29) is 16.8 Å². The van der Waals surface area contributed by atoms with Crippen molar-refractivity contribution in [3.8, 4) is 0 Å². The molecule has 40 heavy (non-hydrogen) atoms. The van der Waals surface area contributed by atoms with Gasteiger partial charge in [0, 0.05) is 55.6 Å². The van der Waals surface area contributed by atoms with Gasteiger partial charge in [-0.3, -0.25) is 19.4 Å². The minimum absolute atomic E-state index is 0.0520. The number of thioether (sulfide) groups is 1. The van der Waals surface area contributed by atoms with Crippen LogP contribution in [0.1, 0.15) is 40.5 Å². The fourth-order valence-corrected chi connectivity index (χ4v) is 4.81. The number of carbonyl (C=O) groups is 3. The standard InChI is InChI=1S/C28H34ClN7O3S/c1-28(17-30)11-13-32-15-16-34-26(24(31)33-14-12-28)40-21-6-4-5-20(22(21)29)35-25(38)19-9-7-18(8-10-19)23(37)27(39)36(2)3/h4-10,15-16,32H,11-14,17,30H2,1-3H3,(H2,31,33)(H,35,38)/b16-15+,34-26?. The molecule has 0 aliphatic carbocycles. The Morgan fingerprint density at radius 3 is 2.50 bits per heavy atom. The molecule has 0 bridgehead atoms. The quantitative estimate of drug-likeness (QED) is 0.299. The number of likely N-dealkylation sites (N-methyl/N-ethyl adjacent to an activating group) is 1. The van der Waals surface area contributed by atoms with Gasteiger partial charge in [-0.05, 0) is 49.1 Å². The van der Waals surface area contributed by atoms with Crippen LogP contribution in [0.2, 0.25) is 5.02 Å². The first-order valence-electron chi connectivity index (χ1n) is 12.6. The molecular formula is C28H34ClN7O3S. The molecule has 1 aliphatic rings. The van der Waals surface area contributed by atoms with Crippen molar-refractivity contribution in [3.63, 3.8) is 0 Å². The number of anilines is 1. The smallest absolute Gasteiger partial charge is 0.294 e. The molecule has 0 aromatic heterocycles. The maximum Gasteiger partial charge on any atom is 0.294 e. The van der Waals surface area contributed by atoms with Crippen molar-refractivity contribution in [1.29, 1.82) is 0 Å². The second-order valence-corrected chi connectivity index (χ2v) is 11.2. The Bertz CT molecular complexity index is 1340. The highest BCUT2D eigenvalue weighted by Gasteiger charge is 2.22. The Morgan fingerprint density at radius 1 is 1.12 bits per heavy atom. The van der Waals surface area contributed by atoms with Gasteiger partial charge in [0.25, 0.3) is 11.8 Å². The Kier molecular flexibility index (Phi) is 10.9. The molecular weight excluding hydrogens is 550 g/mol. The molecule has 0 radical (unpaired) electrons. The first-order chi connectivity index (χ1) is 19.0. The normalized spacial score (nSPS) is 18.6. The molecule has 1 atom stereocenters. The predicted molar refractivity (Wildman–Crippen MR) is 162 cm³/mol. The van der Waals surface area contributed by atoms with Gasteiger partial charge >= 0.3 is 0 Å². The fraction of sp³-hybridized carbons (Fsp3) is 0.321. The van der Waals surface area contributed by atoms with Crippen molar-refractivity contribution in [2.45, 2.75) is 24.7 Å². The molecule has 12 heteroatoms. The number of nitrogens with one attached hydrogen (secondary N) is 2. The minimum Gasteiger partial charge on any atom is -0.390 e. The van der Waals surface area contributed by atoms with Crippen molar-refractivity contribution >= 4 is 57.5 Å². The number of hydrogen-bond donors (Lipinski definition) is 4. The molecule has 0 spiro atoms. The van der Waals surface area contributed by atoms with Crippen LogP contribution < -0.4 is 22.1 Å². The van der Waals surface area contributed by atoms with Crippen molar-refractivity contribution in [1.82, 2.24) is 10.2 Å². The number of ketones is 1. The van der Waals surface area contributed by atoms with Crippen LogP contribution in [0.4, 0.5) is 5.69 Å². The number of nitrogens with two attached hydrogens (primary N) is 2. The predicted octanol–water partition coefficient (Wildman–Crippen LogP) is 3.53. The molecule has 1 unspecified atom stereocenters. The topological polar surface area (TPSA) is 155 Å². The Morgan fingerprint density at radius 2 is 1.82 bits per heavy atom. The summed E-state index contributed by atoms with van der Waals surface area (Å²) < 4.78 is 0. The fourth-order valence-electron chi connectivity index (χ4n) is 3.69. The number of aliphatic imine (C=N–C) groups is 2. The van der Waals surface area contributed by atoms with Gasteiger partial charge in [-0.2, -0.15) is 0 Å². The molecule has 0 saturated heterocycles. The van der Waals surface area contributed by atoms with E-state index in [0.29, 0.717) is 39.3 Å². The number of rotatable bonds is 6. The van der Waals surface area contributed by atoms with Crippen LogP contribution in [0.3, 0.4) is 0 Å². The van der Waals surface area contributed by atoms with Gasteiger partial charge < -0.3 is 27.0 Å². The highest BCUT2D eigenvalue weighted by Crippen LogP contribution is 2.34. The second-order valence-electron chi connectivity index (χ2n) is 9.77. The summed E-state index contributed by atoms with van der Waals surface area (Å²) >= 11 is 7.91. The van der Waals surface area contributed by atoms with Crippen molar-refractivity contribution in [2.75, 3.05) is 39.0 Å². The average Bonchev–Trinajstić information content (AvgIpc) is 2.94. The lowest BCUT2D eigenvalue weighted by Gasteiger charge is -2.27. The van der Waals surface area contributed by atoms with Gasteiger partial charge in [-0.15, -0.1) is 0 Å². The van der Waals surface area contributed by atoms with E-state index in [0.717, 1.165) is 19.4 Å². The molecule has 1 aliphatic heterocycles. The monoisotopic (exact) mass is 583 g/mol. The molecule has 2 amide bonds. The van der Waals surface area contributed by atoms with Crippen molar-refractivity contribution in [3.05, 3.63) is 71.0 Å². The summed E-state index contributed by atoms with van der Waals surface area (Å²) in [6.07, 6.45) is 5.06. The van der Waals surface area contributed by atoms with E-state index in [4.69, 9.17) is 23.1 Å². The Labute approximate surface area is 243 Å². The molecule has 0 saturated carbocycles. The zero-order valence-electron chi connectivity index (χ0n) is 22.7. The molecule has 0 fully saturated rings. The van der Waals surface area contributed by atoms with Gasteiger partial charge in [0.15, 0.2) is 5.84 Å². The molecule has 212 valence electrons. The van der Waals surface area contributed by atoms with Gasteiger partial charge in [0.1, 0.15) is 5.04 Å². The van der Waals surface area contributed by atoms with Crippen LogP contribution in [0, 0.1) is 5.41 Å². The minimum atomic E-state index is -0.652. The third-order valence-corrected chi connectivity index (χ3v) is 7.98. The van der Waals surface area contributed by atoms with E-state index in [2.05, 4.69) is 27.5 Å². The Hall–Kier alpha value is -3.67. The van der Waals surface area contributed by atoms with E-state index in [1.54, 1.807) is 30.6 Å². The summed E-state index contributed by atoms with van der Waals surface area (Å²) in [4.78, 5) is 47.9. The van der Waals surface area contributed by atoms with Crippen molar-refractivity contribution in [2.24, 2.45) is 26.9 Å². The van der Waals surface area contributed by atoms with Crippen LogP contribution in [0.5, 0.6) is 0 Å². The summed E-state index contributed by atoms with van der Waals surface area (Å²) in [5.74, 6) is -1.44. The molecule has 1 heterocycles. The average molecular weight is 584 g/mol. The van der Waals surface area contributed by atoms with E-state index in [9.17, 15) is 14.4 Å². The Balaban J connectivity index is 1.77. The van der Waals surface area contributed by atoms with Crippen LogP contribution >= 0.6 is 23.4 Å². The molecule has 3 rings (SSSR count). The second kappa shape index (κ2) is 14.1. The number of Topliss-reactive ketones (excluding diaryl/α,β-unsaturated/α-hetero) is 1. The number of carbonyl (C=O) groups excluding carboxylic acids is 3. The number of nitrogens with zero attached hydrogens (tertiary/aromatic N) is 3. The number of hydrogen-bond acceptors (Lipinski definition) is 9. The maximum absolute atomic E-state index is 12.9. The summed E-state index contributed by atoms with van der Waals surface area (Å²) in [5, 5.41) is 6.79. The third-order valence-electron chi connectivity index (χ3n) is 6.39. The first kappa shape index (κ1) is 30.9. The van der Waals surface area contributed by atoms with E-state index in [1.807, 2.05) is 0 Å². The summed E-state index contributed by atoms with van der Waals surface area (Å²) in [5.41, 5.74) is 13.1. The van der Waals surface area contributed by atoms with E-state index in [1.165, 1.54) is 55.0 Å². The molecule has 6 N–H and O–H groups in total. The van der Waals surface area contributed by atoms with Crippen LogP contribution in [-0.2, 0) is 4.79 Å². The number of amidine groups is 1. The molecule has 2 aromatic carbocycles. The van der Waals surface area contributed by atoms with Gasteiger partial charge in [-0.25, -0.2) is 4.99 Å². The highest BCUT2D eigenvalue weighted by atomic mass is 35.5. The van der Waals surface area contributed by atoms with Gasteiger partial charge in [0.2, 0.25) is 5.78 Å². The van der Waals surface area contributed by atoms with Crippen LogP contribution in [0.25, 0.3) is 0 Å². The SMILES string of the molecule is CN(C)C(=O)C(=O)c1ccc(C(=O)Nc2cccc(SC3=N/C=C/NCCC(C)(CN)CCN=C3N)c2Cl)cc1. The van der Waals surface area contributed by atoms with Crippen molar-refractivity contribution < 1.29 is 14.4 Å². The maximum atomic E-state index is 12.9. The van der Waals surface area contributed by atoms with Gasteiger partial charge in [-0.1, -0.05) is 48.5 Å².